The molecule has 0 aliphatic rings. The number of halogens is 1. The van der Waals surface area contributed by atoms with Crippen LogP contribution in [0.5, 0.6) is 0 Å². The summed E-state index contributed by atoms with van der Waals surface area (Å²) in [4.78, 5) is 15.2. The number of carbonyl (C=O) groups is 1. The molecule has 14 heavy (non-hydrogen) atoms. The average Bonchev–Trinajstić information content (AvgIpc) is 2.45. The molecule has 0 amide bonds. The van der Waals surface area contributed by atoms with Gasteiger partial charge in [0.1, 0.15) is 4.34 Å². The van der Waals surface area contributed by atoms with Crippen molar-refractivity contribution in [2.75, 3.05) is 5.43 Å². The minimum absolute atomic E-state index is 0.0957. The molecule has 1 aromatic rings. The number of esters is 1. The van der Waals surface area contributed by atoms with E-state index in [9.17, 15) is 4.79 Å². The van der Waals surface area contributed by atoms with Gasteiger partial charge in [-0.2, -0.15) is 0 Å². The number of hydrogen-bond acceptors (Lipinski definition) is 6. The topological polar surface area (TPSA) is 77.2 Å². The van der Waals surface area contributed by atoms with Crippen LogP contribution in [-0.4, -0.2) is 17.1 Å². The van der Waals surface area contributed by atoms with Gasteiger partial charge in [-0.25, -0.2) is 15.6 Å². The first-order valence-corrected chi connectivity index (χ1v) is 5.08. The average molecular weight is 236 g/mol. The monoisotopic (exact) mass is 235 g/mol. The zero-order chi connectivity index (χ0) is 10.7. The molecule has 1 rings (SSSR count). The summed E-state index contributed by atoms with van der Waals surface area (Å²) in [5, 5.41) is 0.380. The van der Waals surface area contributed by atoms with E-state index in [2.05, 4.69) is 10.4 Å². The number of thiazole rings is 1. The smallest absolute Gasteiger partial charge is 0.359 e. The normalized spacial score (nSPS) is 10.4. The standard InChI is InChI=1S/C7H10ClN3O2S/c1-3(2)13-6(12)4-5(8)14-7(10-4)11-9/h3H,9H2,1-2H3,(H,10,11). The van der Waals surface area contributed by atoms with Crippen molar-refractivity contribution < 1.29 is 9.53 Å². The first kappa shape index (κ1) is 11.2. The molecule has 0 aliphatic heterocycles. The Balaban J connectivity index is 2.84. The lowest BCUT2D eigenvalue weighted by molar-refractivity contribution is 0.0372. The third-order valence-corrected chi connectivity index (χ3v) is 2.43. The molecule has 0 radical (unpaired) electrons. The number of nitrogens with zero attached hydrogens (tertiary/aromatic N) is 1. The van der Waals surface area contributed by atoms with Crippen molar-refractivity contribution in [3.05, 3.63) is 10.0 Å². The molecule has 0 atom stereocenters. The van der Waals surface area contributed by atoms with Gasteiger partial charge in [-0.3, -0.25) is 5.43 Å². The Morgan fingerprint density at radius 2 is 2.36 bits per heavy atom. The van der Waals surface area contributed by atoms with Crippen LogP contribution in [-0.2, 0) is 4.74 Å². The fourth-order valence-corrected chi connectivity index (χ4v) is 1.69. The van der Waals surface area contributed by atoms with E-state index < -0.39 is 5.97 Å². The summed E-state index contributed by atoms with van der Waals surface area (Å²) in [6.07, 6.45) is -0.199. The summed E-state index contributed by atoms with van der Waals surface area (Å²) in [7, 11) is 0. The van der Waals surface area contributed by atoms with E-state index in [0.717, 1.165) is 11.3 Å². The molecule has 5 nitrogen and oxygen atoms in total. The number of hydrogen-bond donors (Lipinski definition) is 2. The van der Waals surface area contributed by atoms with Gasteiger partial charge in [-0.05, 0) is 13.8 Å². The number of nitrogens with one attached hydrogen (secondary N) is 1. The van der Waals surface area contributed by atoms with Crippen LogP contribution in [0.3, 0.4) is 0 Å². The number of anilines is 1. The molecule has 1 heterocycles. The molecule has 0 saturated carbocycles. The van der Waals surface area contributed by atoms with Gasteiger partial charge < -0.3 is 4.74 Å². The summed E-state index contributed by atoms with van der Waals surface area (Å²) in [5.41, 5.74) is 2.41. The lowest BCUT2D eigenvalue weighted by Crippen LogP contribution is -2.13. The van der Waals surface area contributed by atoms with Gasteiger partial charge in [-0.15, -0.1) is 0 Å². The zero-order valence-electron chi connectivity index (χ0n) is 7.70. The highest BCUT2D eigenvalue weighted by Crippen LogP contribution is 2.27. The molecular weight excluding hydrogens is 226 g/mol. The molecule has 3 N–H and O–H groups in total. The van der Waals surface area contributed by atoms with Gasteiger partial charge in [-0.1, -0.05) is 22.9 Å². The van der Waals surface area contributed by atoms with E-state index >= 15 is 0 Å². The molecule has 0 spiro atoms. The van der Waals surface area contributed by atoms with Gasteiger partial charge in [0.15, 0.2) is 10.8 Å². The summed E-state index contributed by atoms with van der Waals surface area (Å²) < 4.78 is 5.19. The summed E-state index contributed by atoms with van der Waals surface area (Å²) in [6.45, 7) is 3.50. The van der Waals surface area contributed by atoms with E-state index in [1.807, 2.05) is 0 Å². The Hall–Kier alpha value is -0.850. The Labute approximate surface area is 90.2 Å². The van der Waals surface area contributed by atoms with Crippen molar-refractivity contribution in [2.24, 2.45) is 5.84 Å². The predicted molar refractivity (Wildman–Crippen MR) is 55.5 cm³/mol. The second-order valence-electron chi connectivity index (χ2n) is 2.74. The second-order valence-corrected chi connectivity index (χ2v) is 4.34. The highest BCUT2D eigenvalue weighted by molar-refractivity contribution is 7.19. The van der Waals surface area contributed by atoms with Crippen molar-refractivity contribution in [2.45, 2.75) is 20.0 Å². The van der Waals surface area contributed by atoms with E-state index in [4.69, 9.17) is 22.2 Å². The minimum atomic E-state index is -0.539. The van der Waals surface area contributed by atoms with E-state index in [-0.39, 0.29) is 16.1 Å². The van der Waals surface area contributed by atoms with Crippen molar-refractivity contribution in [3.63, 3.8) is 0 Å². The highest BCUT2D eigenvalue weighted by Gasteiger charge is 2.18. The molecule has 0 aromatic carbocycles. The van der Waals surface area contributed by atoms with Crippen molar-refractivity contribution in [1.29, 1.82) is 0 Å². The van der Waals surface area contributed by atoms with Crippen molar-refractivity contribution >= 4 is 34.0 Å². The SMILES string of the molecule is CC(C)OC(=O)c1nc(NN)sc1Cl. The number of ether oxygens (including phenoxy) is 1. The summed E-state index contributed by atoms with van der Waals surface area (Å²) in [5.74, 6) is 4.58. The molecule has 0 aliphatic carbocycles. The lowest BCUT2D eigenvalue weighted by Gasteiger charge is -2.05. The maximum Gasteiger partial charge on any atom is 0.359 e. The molecular formula is C7H10ClN3O2S. The van der Waals surface area contributed by atoms with Gasteiger partial charge in [0, 0.05) is 0 Å². The molecule has 0 bridgehead atoms. The highest BCUT2D eigenvalue weighted by atomic mass is 35.5. The number of nitrogens with two attached hydrogens (primary N) is 1. The van der Waals surface area contributed by atoms with Crippen LogP contribution in [0.2, 0.25) is 4.34 Å². The van der Waals surface area contributed by atoms with Gasteiger partial charge in [0.25, 0.3) is 0 Å². The van der Waals surface area contributed by atoms with E-state index in [1.54, 1.807) is 13.8 Å². The van der Waals surface area contributed by atoms with Gasteiger partial charge in [0.2, 0.25) is 0 Å². The van der Waals surface area contributed by atoms with Crippen LogP contribution in [0.4, 0.5) is 5.13 Å². The quantitative estimate of drug-likeness (QED) is 0.473. The molecule has 0 saturated heterocycles. The molecule has 7 heteroatoms. The molecule has 0 fully saturated rings. The van der Waals surface area contributed by atoms with Gasteiger partial charge >= 0.3 is 5.97 Å². The second kappa shape index (κ2) is 4.59. The number of hydrazine groups is 1. The summed E-state index contributed by atoms with van der Waals surface area (Å²) >= 11 is 6.85. The van der Waals surface area contributed by atoms with Crippen molar-refractivity contribution in [1.82, 2.24) is 4.98 Å². The van der Waals surface area contributed by atoms with Crippen LogP contribution < -0.4 is 11.3 Å². The molecule has 0 unspecified atom stereocenters. The molecule has 1 aromatic heterocycles. The number of rotatable bonds is 3. The first-order chi connectivity index (χ1) is 6.54. The van der Waals surface area contributed by atoms with Crippen molar-refractivity contribution in [3.8, 4) is 0 Å². The van der Waals surface area contributed by atoms with Crippen LogP contribution in [0.1, 0.15) is 24.3 Å². The number of aromatic nitrogens is 1. The van der Waals surface area contributed by atoms with E-state index in [0.29, 0.717) is 5.13 Å². The number of carbonyl (C=O) groups excluding carboxylic acids is 1. The minimum Gasteiger partial charge on any atom is -0.458 e. The van der Waals surface area contributed by atoms with Crippen LogP contribution in [0.15, 0.2) is 0 Å². The fraction of sp³-hybridized carbons (Fsp3) is 0.429. The van der Waals surface area contributed by atoms with Crippen LogP contribution >= 0.6 is 22.9 Å². The Morgan fingerprint density at radius 1 is 1.71 bits per heavy atom. The summed E-state index contributed by atoms with van der Waals surface area (Å²) in [6, 6.07) is 0. The fourth-order valence-electron chi connectivity index (χ4n) is 0.759. The zero-order valence-corrected chi connectivity index (χ0v) is 9.28. The Kier molecular flexibility index (Phi) is 3.68. The molecule has 78 valence electrons. The van der Waals surface area contributed by atoms with E-state index in [1.165, 1.54) is 0 Å². The lowest BCUT2D eigenvalue weighted by atomic mass is 10.4. The first-order valence-electron chi connectivity index (χ1n) is 3.88. The maximum atomic E-state index is 11.4. The Morgan fingerprint density at radius 3 is 2.79 bits per heavy atom. The maximum absolute atomic E-state index is 11.4. The largest absolute Gasteiger partial charge is 0.458 e. The van der Waals surface area contributed by atoms with Crippen LogP contribution in [0, 0.1) is 0 Å². The third kappa shape index (κ3) is 2.57. The Bertz CT molecular complexity index is 340. The van der Waals surface area contributed by atoms with Crippen LogP contribution in [0.25, 0.3) is 0 Å². The number of nitrogen functional groups attached to an aromatic ring is 1. The third-order valence-electron chi connectivity index (χ3n) is 1.25. The van der Waals surface area contributed by atoms with Gasteiger partial charge in [0.05, 0.1) is 6.10 Å². The predicted octanol–water partition coefficient (Wildman–Crippen LogP) is 1.65.